The van der Waals surface area contributed by atoms with Crippen LogP contribution in [-0.4, -0.2) is 34.8 Å². The number of benzene rings is 1. The van der Waals surface area contributed by atoms with Gasteiger partial charge in [-0.3, -0.25) is 9.59 Å². The molecule has 7 heteroatoms. The lowest BCUT2D eigenvalue weighted by Crippen LogP contribution is -2.40. The molecule has 0 saturated heterocycles. The molecule has 0 fully saturated rings. The highest BCUT2D eigenvalue weighted by Gasteiger charge is 2.33. The number of carbonyl (C=O) groups excluding carboxylic acids is 2. The molecule has 150 valence electrons. The Labute approximate surface area is 182 Å². The van der Waals surface area contributed by atoms with Crippen molar-refractivity contribution < 1.29 is 9.59 Å². The summed E-state index contributed by atoms with van der Waals surface area (Å²) in [7, 11) is 0. The fourth-order valence-corrected chi connectivity index (χ4v) is 6.03. The van der Waals surface area contributed by atoms with E-state index in [1.165, 1.54) is 27.1 Å². The molecule has 0 aliphatic carbocycles. The maximum atomic E-state index is 13.0. The summed E-state index contributed by atoms with van der Waals surface area (Å²) < 4.78 is 0. The van der Waals surface area contributed by atoms with Gasteiger partial charge in [-0.15, -0.1) is 34.4 Å². The minimum Gasteiger partial charge on any atom is -0.330 e. The number of hydrogen-bond donors (Lipinski definition) is 1. The molecule has 3 aromatic rings. The summed E-state index contributed by atoms with van der Waals surface area (Å²) in [6.45, 7) is 2.72. The van der Waals surface area contributed by atoms with Crippen LogP contribution in [0.4, 0.5) is 5.69 Å². The number of anilines is 1. The van der Waals surface area contributed by atoms with Crippen LogP contribution in [0.2, 0.25) is 0 Å². The van der Waals surface area contributed by atoms with Gasteiger partial charge in [0, 0.05) is 22.0 Å². The van der Waals surface area contributed by atoms with Gasteiger partial charge >= 0.3 is 0 Å². The highest BCUT2D eigenvalue weighted by molar-refractivity contribution is 8.00. The number of fused-ring (bicyclic) bond motifs is 1. The van der Waals surface area contributed by atoms with E-state index in [1.54, 1.807) is 22.7 Å². The second kappa shape index (κ2) is 9.15. The van der Waals surface area contributed by atoms with E-state index in [0.717, 1.165) is 24.2 Å². The predicted molar refractivity (Wildman–Crippen MR) is 123 cm³/mol. The van der Waals surface area contributed by atoms with E-state index in [4.69, 9.17) is 0 Å². The monoisotopic (exact) mass is 442 g/mol. The Kier molecular flexibility index (Phi) is 6.37. The third kappa shape index (κ3) is 4.74. The zero-order valence-electron chi connectivity index (χ0n) is 16.1. The minimum atomic E-state index is -0.0815. The van der Waals surface area contributed by atoms with Gasteiger partial charge < -0.3 is 10.2 Å². The van der Waals surface area contributed by atoms with Crippen molar-refractivity contribution >= 4 is 51.9 Å². The molecule has 4 nitrogen and oxygen atoms in total. The number of thiophene rings is 2. The van der Waals surface area contributed by atoms with E-state index in [9.17, 15) is 9.59 Å². The van der Waals surface area contributed by atoms with Crippen molar-refractivity contribution in [1.29, 1.82) is 0 Å². The van der Waals surface area contributed by atoms with E-state index in [-0.39, 0.29) is 23.6 Å². The zero-order valence-corrected chi connectivity index (χ0v) is 18.5. The molecule has 1 atom stereocenters. The Bertz CT molecular complexity index is 997. The number of carbonyl (C=O) groups is 2. The molecule has 1 aliphatic rings. The van der Waals surface area contributed by atoms with Crippen LogP contribution in [0.15, 0.2) is 53.2 Å². The second-order valence-electron chi connectivity index (χ2n) is 6.96. The van der Waals surface area contributed by atoms with E-state index in [1.807, 2.05) is 42.2 Å². The van der Waals surface area contributed by atoms with Gasteiger partial charge in [0.2, 0.25) is 11.8 Å². The Morgan fingerprint density at radius 3 is 2.83 bits per heavy atom. The van der Waals surface area contributed by atoms with Crippen molar-refractivity contribution in [2.75, 3.05) is 23.4 Å². The first-order valence-corrected chi connectivity index (χ1v) is 12.4. The fraction of sp³-hybridized carbons (Fsp3) is 0.273. The van der Waals surface area contributed by atoms with Gasteiger partial charge in [0.25, 0.3) is 0 Å². The smallest absolute Gasteiger partial charge is 0.234 e. The Morgan fingerprint density at radius 1 is 1.14 bits per heavy atom. The van der Waals surface area contributed by atoms with Crippen molar-refractivity contribution in [1.82, 2.24) is 4.90 Å². The van der Waals surface area contributed by atoms with Gasteiger partial charge in [0.05, 0.1) is 17.5 Å². The molecule has 0 bridgehead atoms. The summed E-state index contributed by atoms with van der Waals surface area (Å²) in [6.07, 6.45) is 0.902. The van der Waals surface area contributed by atoms with Crippen LogP contribution in [0.5, 0.6) is 0 Å². The number of amides is 2. The quantitative estimate of drug-likeness (QED) is 0.587. The van der Waals surface area contributed by atoms with Crippen LogP contribution >= 0.6 is 34.4 Å². The number of hydrogen-bond acceptors (Lipinski definition) is 5. The van der Waals surface area contributed by atoms with Crippen LogP contribution in [-0.2, 0) is 16.0 Å². The second-order valence-corrected chi connectivity index (χ2v) is 9.93. The zero-order chi connectivity index (χ0) is 20.2. The lowest BCUT2D eigenvalue weighted by Gasteiger charge is -2.35. The molecule has 0 saturated carbocycles. The van der Waals surface area contributed by atoms with E-state index in [0.29, 0.717) is 5.75 Å². The normalized spacial score (nSPS) is 15.8. The number of aryl methyl sites for hydroxylation is 1. The Hall–Kier alpha value is -2.09. The van der Waals surface area contributed by atoms with Crippen molar-refractivity contribution in [3.05, 3.63) is 74.1 Å². The summed E-state index contributed by atoms with van der Waals surface area (Å²) in [5.74, 6) is 0.583. The van der Waals surface area contributed by atoms with Gasteiger partial charge in [0.1, 0.15) is 0 Å². The maximum Gasteiger partial charge on any atom is 0.234 e. The molecule has 0 spiro atoms. The largest absolute Gasteiger partial charge is 0.330 e. The molecular formula is C22H22N2O2S3. The van der Waals surface area contributed by atoms with Crippen molar-refractivity contribution in [2.45, 2.75) is 19.4 Å². The number of nitrogens with one attached hydrogen (secondary N) is 1. The van der Waals surface area contributed by atoms with Crippen molar-refractivity contribution in [3.63, 3.8) is 0 Å². The van der Waals surface area contributed by atoms with Gasteiger partial charge in [-0.1, -0.05) is 18.2 Å². The molecule has 4 rings (SSSR count). The number of nitrogens with zero attached hydrogens (tertiary/aromatic N) is 1. The highest BCUT2D eigenvalue weighted by Crippen LogP contribution is 2.39. The fourth-order valence-electron chi connectivity index (χ4n) is 3.57. The topological polar surface area (TPSA) is 49.4 Å². The first-order valence-electron chi connectivity index (χ1n) is 9.45. The maximum absolute atomic E-state index is 13.0. The molecular weight excluding hydrogens is 420 g/mol. The minimum absolute atomic E-state index is 0.000722. The summed E-state index contributed by atoms with van der Waals surface area (Å²) >= 11 is 4.83. The SMILES string of the molecule is Cc1cccc(NC(=O)CSCC(=O)N2CCc3sccc3C2c2cccs2)c1. The number of rotatable bonds is 6. The van der Waals surface area contributed by atoms with E-state index >= 15 is 0 Å². The van der Waals surface area contributed by atoms with Crippen molar-refractivity contribution in [2.24, 2.45) is 0 Å². The molecule has 1 aromatic carbocycles. The van der Waals surface area contributed by atoms with E-state index < -0.39 is 0 Å². The molecule has 1 N–H and O–H groups in total. The van der Waals surface area contributed by atoms with Crippen LogP contribution in [0.1, 0.15) is 26.9 Å². The first kappa shape index (κ1) is 20.2. The Balaban J connectivity index is 1.36. The summed E-state index contributed by atoms with van der Waals surface area (Å²) in [6, 6.07) is 14.0. The summed E-state index contributed by atoms with van der Waals surface area (Å²) in [4.78, 5) is 29.8. The van der Waals surface area contributed by atoms with Gasteiger partial charge in [-0.25, -0.2) is 0 Å². The first-order chi connectivity index (χ1) is 14.1. The molecule has 3 heterocycles. The molecule has 29 heavy (non-hydrogen) atoms. The van der Waals surface area contributed by atoms with Crippen molar-refractivity contribution in [3.8, 4) is 0 Å². The van der Waals surface area contributed by atoms with Crippen LogP contribution < -0.4 is 5.32 Å². The summed E-state index contributed by atoms with van der Waals surface area (Å²) in [5.41, 5.74) is 3.14. The lowest BCUT2D eigenvalue weighted by molar-refractivity contribution is -0.130. The average Bonchev–Trinajstić information content (AvgIpc) is 3.39. The van der Waals surface area contributed by atoms with Gasteiger partial charge in [-0.05, 0) is 59.5 Å². The average molecular weight is 443 g/mol. The third-order valence-corrected chi connectivity index (χ3v) is 7.70. The molecule has 0 radical (unpaired) electrons. The standard InChI is InChI=1S/C22H22N2O2S3/c1-15-4-2-5-16(12-15)23-20(25)13-27-14-21(26)24-9-7-18-17(8-11-29-18)22(24)19-6-3-10-28-19/h2-6,8,10-12,22H,7,9,13-14H2,1H3,(H,23,25). The van der Waals surface area contributed by atoms with Crippen LogP contribution in [0.3, 0.4) is 0 Å². The third-order valence-electron chi connectivity index (χ3n) is 4.86. The summed E-state index contributed by atoms with van der Waals surface area (Å²) in [5, 5.41) is 7.07. The molecule has 1 unspecified atom stereocenters. The lowest BCUT2D eigenvalue weighted by atomic mass is 9.98. The molecule has 1 aliphatic heterocycles. The molecule has 2 amide bonds. The Morgan fingerprint density at radius 2 is 2.03 bits per heavy atom. The molecule has 2 aromatic heterocycles. The van der Waals surface area contributed by atoms with Gasteiger partial charge in [0.15, 0.2) is 0 Å². The van der Waals surface area contributed by atoms with Crippen LogP contribution in [0.25, 0.3) is 0 Å². The predicted octanol–water partition coefficient (Wildman–Crippen LogP) is 4.96. The van der Waals surface area contributed by atoms with Gasteiger partial charge in [-0.2, -0.15) is 0 Å². The van der Waals surface area contributed by atoms with E-state index in [2.05, 4.69) is 28.2 Å². The highest BCUT2D eigenvalue weighted by atomic mass is 32.2. The number of thioether (sulfide) groups is 1. The van der Waals surface area contributed by atoms with Crippen LogP contribution in [0, 0.1) is 6.92 Å².